The second kappa shape index (κ2) is 13.6. The van der Waals surface area contributed by atoms with Crippen LogP contribution < -0.4 is 0 Å². The lowest BCUT2D eigenvalue weighted by molar-refractivity contribution is -0.0183. The molecule has 1 atom stereocenters. The highest BCUT2D eigenvalue weighted by Gasteiger charge is 2.07. The van der Waals surface area contributed by atoms with Crippen molar-refractivity contribution in [1.29, 1.82) is 0 Å². The van der Waals surface area contributed by atoms with Gasteiger partial charge < -0.3 is 14.6 Å². The van der Waals surface area contributed by atoms with Crippen molar-refractivity contribution >= 4 is 46.4 Å². The predicted octanol–water partition coefficient (Wildman–Crippen LogP) is 6.81. The number of hydrogen-bond donors (Lipinski definition) is 1. The van der Waals surface area contributed by atoms with Crippen molar-refractivity contribution in [3.63, 3.8) is 0 Å². The second-order valence-corrected chi connectivity index (χ2v) is 7.32. The number of halogens is 4. The maximum absolute atomic E-state index is 8.68. The van der Waals surface area contributed by atoms with E-state index >= 15 is 0 Å². The van der Waals surface area contributed by atoms with Crippen molar-refractivity contribution in [3.8, 4) is 0 Å². The van der Waals surface area contributed by atoms with E-state index in [0.717, 1.165) is 12.0 Å². The monoisotopic (exact) mass is 452 g/mol. The van der Waals surface area contributed by atoms with Gasteiger partial charge in [-0.1, -0.05) is 65.5 Å². The van der Waals surface area contributed by atoms with Gasteiger partial charge in [-0.3, -0.25) is 0 Å². The Morgan fingerprint density at radius 2 is 1.44 bits per heavy atom. The van der Waals surface area contributed by atoms with Gasteiger partial charge in [0.05, 0.1) is 25.9 Å². The van der Waals surface area contributed by atoms with Crippen molar-refractivity contribution in [1.82, 2.24) is 0 Å². The molecule has 0 amide bonds. The van der Waals surface area contributed by atoms with Crippen LogP contribution in [-0.2, 0) is 22.7 Å². The van der Waals surface area contributed by atoms with E-state index in [0.29, 0.717) is 45.5 Å². The predicted molar refractivity (Wildman–Crippen MR) is 114 cm³/mol. The van der Waals surface area contributed by atoms with Gasteiger partial charge in [-0.25, -0.2) is 0 Å². The zero-order chi connectivity index (χ0) is 20.2. The molecule has 0 spiro atoms. The summed E-state index contributed by atoms with van der Waals surface area (Å²) in [5.41, 5.74) is 1.65. The topological polar surface area (TPSA) is 38.7 Å². The lowest BCUT2D eigenvalue weighted by atomic mass is 10.2. The van der Waals surface area contributed by atoms with Crippen molar-refractivity contribution in [2.75, 3.05) is 13.2 Å². The number of benzene rings is 2. The zero-order valence-electron chi connectivity index (χ0n) is 15.4. The molecule has 0 aromatic heterocycles. The van der Waals surface area contributed by atoms with E-state index in [4.69, 9.17) is 61.0 Å². The first kappa shape index (κ1) is 24.5. The highest BCUT2D eigenvalue weighted by atomic mass is 35.5. The van der Waals surface area contributed by atoms with Crippen LogP contribution in [0.5, 0.6) is 0 Å². The summed E-state index contributed by atoms with van der Waals surface area (Å²) in [6.45, 7) is 5.81. The van der Waals surface area contributed by atoms with Gasteiger partial charge in [0.2, 0.25) is 0 Å². The van der Waals surface area contributed by atoms with Gasteiger partial charge in [-0.05, 0) is 48.7 Å². The van der Waals surface area contributed by atoms with Crippen LogP contribution >= 0.6 is 46.4 Å². The highest BCUT2D eigenvalue weighted by molar-refractivity contribution is 6.35. The molecule has 7 heteroatoms. The van der Waals surface area contributed by atoms with E-state index in [-0.39, 0.29) is 12.7 Å². The van der Waals surface area contributed by atoms with Crippen LogP contribution in [0.15, 0.2) is 36.4 Å². The molecule has 0 heterocycles. The third kappa shape index (κ3) is 9.49. The molecule has 27 heavy (non-hydrogen) atoms. The van der Waals surface area contributed by atoms with E-state index in [2.05, 4.69) is 6.92 Å². The summed E-state index contributed by atoms with van der Waals surface area (Å²) in [6, 6.07) is 10.4. The number of hydrogen-bond acceptors (Lipinski definition) is 3. The van der Waals surface area contributed by atoms with Crippen LogP contribution in [0.25, 0.3) is 0 Å². The molecule has 3 nitrogen and oxygen atoms in total. The smallest absolute Gasteiger partial charge is 0.0805 e. The van der Waals surface area contributed by atoms with Gasteiger partial charge in [0, 0.05) is 26.7 Å². The van der Waals surface area contributed by atoms with E-state index in [1.807, 2.05) is 19.1 Å². The molecule has 0 saturated carbocycles. The lowest BCUT2D eigenvalue weighted by Gasteiger charge is -2.15. The quantitative estimate of drug-likeness (QED) is 0.476. The normalized spacial score (nSPS) is 11.7. The largest absolute Gasteiger partial charge is 0.392 e. The van der Waals surface area contributed by atoms with Crippen LogP contribution in [0.4, 0.5) is 0 Å². The number of aliphatic hydroxyl groups excluding tert-OH is 1. The summed E-state index contributed by atoms with van der Waals surface area (Å²) in [4.78, 5) is 0. The Morgan fingerprint density at radius 1 is 0.889 bits per heavy atom. The van der Waals surface area contributed by atoms with E-state index in [1.54, 1.807) is 24.3 Å². The van der Waals surface area contributed by atoms with E-state index in [9.17, 15) is 0 Å². The second-order valence-electron chi connectivity index (χ2n) is 5.63. The van der Waals surface area contributed by atoms with Gasteiger partial charge >= 0.3 is 0 Å². The number of rotatable bonds is 8. The van der Waals surface area contributed by atoms with Crippen molar-refractivity contribution in [2.24, 2.45) is 0 Å². The molecule has 0 fully saturated rings. The first-order valence-corrected chi connectivity index (χ1v) is 10.1. The fourth-order valence-corrected chi connectivity index (χ4v) is 3.04. The Morgan fingerprint density at radius 3 is 1.89 bits per heavy atom. The summed E-state index contributed by atoms with van der Waals surface area (Å²) in [6.07, 6.45) is 1.11. The van der Waals surface area contributed by atoms with Crippen molar-refractivity contribution in [2.45, 2.75) is 39.6 Å². The summed E-state index contributed by atoms with van der Waals surface area (Å²) in [7, 11) is 0. The van der Waals surface area contributed by atoms with Crippen LogP contribution in [-0.4, -0.2) is 24.4 Å². The van der Waals surface area contributed by atoms with Crippen molar-refractivity contribution < 1.29 is 14.6 Å². The number of ether oxygens (including phenoxy) is 2. The molecule has 1 unspecified atom stereocenters. The molecule has 1 N–H and O–H groups in total. The molecule has 0 aliphatic rings. The van der Waals surface area contributed by atoms with Crippen LogP contribution in [0.3, 0.4) is 0 Å². The summed E-state index contributed by atoms with van der Waals surface area (Å²) in [5, 5.41) is 11.1. The van der Waals surface area contributed by atoms with Crippen LogP contribution in [0.1, 0.15) is 31.4 Å². The lowest BCUT2D eigenvalue weighted by Crippen LogP contribution is -2.18. The minimum absolute atomic E-state index is 0.0456. The van der Waals surface area contributed by atoms with Gasteiger partial charge in [0.1, 0.15) is 0 Å². The average Bonchev–Trinajstić information content (AvgIpc) is 2.63. The average molecular weight is 454 g/mol. The molecule has 0 radical (unpaired) electrons. The third-order valence-corrected chi connectivity index (χ3v) is 4.79. The van der Waals surface area contributed by atoms with E-state index in [1.165, 1.54) is 0 Å². The molecule has 2 rings (SSSR count). The first-order valence-electron chi connectivity index (χ1n) is 8.59. The van der Waals surface area contributed by atoms with Gasteiger partial charge in [0.15, 0.2) is 0 Å². The fourth-order valence-electron chi connectivity index (χ4n) is 2.11. The SMILES string of the molecule is CCOC(CC)COCc1ccc(Cl)cc1Cl.OCc1ccc(Cl)cc1Cl. The Kier molecular flexibility index (Phi) is 12.4. The Hall–Kier alpha value is -0.520. The highest BCUT2D eigenvalue weighted by Crippen LogP contribution is 2.22. The molecular formula is C20H24Cl4O3. The minimum Gasteiger partial charge on any atom is -0.392 e. The Labute approximate surface area is 181 Å². The maximum atomic E-state index is 8.68. The third-order valence-electron chi connectivity index (χ3n) is 3.62. The van der Waals surface area contributed by atoms with Gasteiger partial charge in [-0.15, -0.1) is 0 Å². The van der Waals surface area contributed by atoms with Gasteiger partial charge in [-0.2, -0.15) is 0 Å². The fraction of sp³-hybridized carbons (Fsp3) is 0.400. The van der Waals surface area contributed by atoms with Gasteiger partial charge in [0.25, 0.3) is 0 Å². The summed E-state index contributed by atoms with van der Waals surface area (Å²) in [5.74, 6) is 0. The summed E-state index contributed by atoms with van der Waals surface area (Å²) < 4.78 is 11.1. The minimum atomic E-state index is -0.0456. The summed E-state index contributed by atoms with van der Waals surface area (Å²) >= 11 is 23.2. The van der Waals surface area contributed by atoms with Crippen molar-refractivity contribution in [3.05, 3.63) is 67.6 Å². The standard InChI is InChI=1S/C13H18Cl2O2.C7H6Cl2O/c1-3-12(17-4-2)9-16-8-10-5-6-11(14)7-13(10)15;8-6-2-1-5(4-10)7(9)3-6/h5-7,12H,3-4,8-9H2,1-2H3;1-3,10H,4H2. The van der Waals surface area contributed by atoms with Crippen LogP contribution in [0, 0.1) is 0 Å². The molecular weight excluding hydrogens is 430 g/mol. The molecule has 2 aromatic carbocycles. The molecule has 0 aliphatic carbocycles. The first-order chi connectivity index (χ1) is 12.9. The maximum Gasteiger partial charge on any atom is 0.0805 e. The molecule has 0 saturated heterocycles. The Bertz CT molecular complexity index is 695. The van der Waals surface area contributed by atoms with Crippen LogP contribution in [0.2, 0.25) is 20.1 Å². The molecule has 0 aliphatic heterocycles. The Balaban J connectivity index is 0.000000309. The zero-order valence-corrected chi connectivity index (χ0v) is 18.4. The number of aliphatic hydroxyl groups is 1. The molecule has 2 aromatic rings. The molecule has 150 valence electrons. The molecule has 0 bridgehead atoms. The van der Waals surface area contributed by atoms with E-state index < -0.39 is 0 Å².